The number of thiophene rings is 1. The monoisotopic (exact) mass is 386 g/mol. The number of nitrogens with one attached hydrogen (secondary N) is 2. The molecule has 0 amide bonds. The van der Waals surface area contributed by atoms with Crippen molar-refractivity contribution in [2.24, 2.45) is 4.99 Å². The van der Waals surface area contributed by atoms with Crippen LogP contribution in [0.5, 0.6) is 0 Å². The van der Waals surface area contributed by atoms with Gasteiger partial charge in [0.2, 0.25) is 0 Å². The molecule has 0 bridgehead atoms. The maximum Gasteiger partial charge on any atom is 0.191 e. The lowest BCUT2D eigenvalue weighted by molar-refractivity contribution is 0.0389. The van der Waals surface area contributed by atoms with Crippen molar-refractivity contribution in [3.05, 3.63) is 20.8 Å². The van der Waals surface area contributed by atoms with Crippen LogP contribution in [-0.4, -0.2) is 63.3 Å². The van der Waals surface area contributed by atoms with Crippen molar-refractivity contribution in [1.29, 1.82) is 0 Å². The predicted molar refractivity (Wildman–Crippen MR) is 94.9 cm³/mol. The van der Waals surface area contributed by atoms with Gasteiger partial charge in [-0.2, -0.15) is 0 Å². The van der Waals surface area contributed by atoms with Gasteiger partial charge in [-0.15, -0.1) is 11.3 Å². The fraction of sp³-hybridized carbons (Fsp3) is 0.667. The zero-order chi connectivity index (χ0) is 15.4. The lowest BCUT2D eigenvalue weighted by Crippen LogP contribution is -2.45. The number of aliphatic imine (C=N–C) groups is 1. The molecule has 0 aromatic carbocycles. The number of halogens is 1. The summed E-state index contributed by atoms with van der Waals surface area (Å²) in [7, 11) is 1.84. The highest BCUT2D eigenvalue weighted by atomic mass is 79.9. The minimum Gasteiger partial charge on any atom is -0.379 e. The minimum absolute atomic E-state index is 0.514. The second-order valence-corrected chi connectivity index (χ2v) is 8.18. The molecule has 22 heavy (non-hydrogen) atoms. The van der Waals surface area contributed by atoms with Crippen molar-refractivity contribution in [3.8, 4) is 0 Å². The van der Waals surface area contributed by atoms with Crippen molar-refractivity contribution >= 4 is 33.2 Å². The zero-order valence-electron chi connectivity index (χ0n) is 12.8. The van der Waals surface area contributed by atoms with Gasteiger partial charge in [0.25, 0.3) is 0 Å². The van der Waals surface area contributed by atoms with Gasteiger partial charge >= 0.3 is 0 Å². The Labute approximate surface area is 144 Å². The molecule has 1 saturated heterocycles. The Kier molecular flexibility index (Phi) is 5.73. The van der Waals surface area contributed by atoms with E-state index in [1.54, 1.807) is 0 Å². The van der Waals surface area contributed by atoms with Crippen molar-refractivity contribution < 1.29 is 4.74 Å². The molecule has 0 spiro atoms. The lowest BCUT2D eigenvalue weighted by atomic mass is 10.3. The van der Waals surface area contributed by atoms with Gasteiger partial charge < -0.3 is 15.4 Å². The fourth-order valence-electron chi connectivity index (χ4n) is 2.72. The number of nitrogens with zero attached hydrogens (tertiary/aromatic N) is 2. The lowest BCUT2D eigenvalue weighted by Gasteiger charge is -2.26. The van der Waals surface area contributed by atoms with Crippen molar-refractivity contribution in [2.75, 3.05) is 46.4 Å². The van der Waals surface area contributed by atoms with E-state index in [0.717, 1.165) is 45.4 Å². The summed E-state index contributed by atoms with van der Waals surface area (Å²) in [4.78, 5) is 8.21. The molecule has 3 rings (SSSR count). The number of ether oxygens (including phenoxy) is 1. The molecule has 1 aromatic rings. The number of hydrogen-bond acceptors (Lipinski definition) is 4. The third kappa shape index (κ3) is 4.44. The van der Waals surface area contributed by atoms with E-state index in [2.05, 4.69) is 48.6 Å². The topological polar surface area (TPSA) is 48.9 Å². The molecule has 1 saturated carbocycles. The van der Waals surface area contributed by atoms with E-state index in [4.69, 9.17) is 4.74 Å². The molecule has 0 radical (unpaired) electrons. The van der Waals surface area contributed by atoms with Crippen molar-refractivity contribution in [1.82, 2.24) is 15.5 Å². The Hall–Kier alpha value is -0.630. The quantitative estimate of drug-likeness (QED) is 0.598. The standard InChI is InChI=1S/C15H23BrN4OS/c1-17-15(18-4-5-20-6-8-21-9-7-20)19-12-10-11(12)13-2-3-14(16)22-13/h2-3,11-12H,4-10H2,1H3,(H2,17,18,19)/t11-,12-/m1/s1. The summed E-state index contributed by atoms with van der Waals surface area (Å²) in [5, 5.41) is 6.94. The zero-order valence-corrected chi connectivity index (χ0v) is 15.3. The van der Waals surface area contributed by atoms with Gasteiger partial charge in [0.15, 0.2) is 5.96 Å². The van der Waals surface area contributed by atoms with Crippen LogP contribution in [0.4, 0.5) is 0 Å². The summed E-state index contributed by atoms with van der Waals surface area (Å²) >= 11 is 5.36. The Morgan fingerprint density at radius 1 is 1.45 bits per heavy atom. The first kappa shape index (κ1) is 16.2. The van der Waals surface area contributed by atoms with Crippen LogP contribution in [0.15, 0.2) is 20.9 Å². The summed E-state index contributed by atoms with van der Waals surface area (Å²) in [6, 6.07) is 4.86. The Morgan fingerprint density at radius 3 is 2.95 bits per heavy atom. The third-order valence-electron chi connectivity index (χ3n) is 4.12. The molecule has 1 aliphatic carbocycles. The van der Waals surface area contributed by atoms with E-state index in [1.807, 2.05) is 18.4 Å². The maximum atomic E-state index is 5.36. The van der Waals surface area contributed by atoms with Gasteiger partial charge in [-0.05, 0) is 34.5 Å². The molecule has 122 valence electrons. The molecule has 1 aromatic heterocycles. The van der Waals surface area contributed by atoms with Gasteiger partial charge in [-0.3, -0.25) is 9.89 Å². The van der Waals surface area contributed by atoms with E-state index >= 15 is 0 Å². The van der Waals surface area contributed by atoms with Crippen LogP contribution in [0.2, 0.25) is 0 Å². The van der Waals surface area contributed by atoms with Gasteiger partial charge in [-0.25, -0.2) is 0 Å². The molecule has 2 fully saturated rings. The Balaban J connectivity index is 1.38. The molecular weight excluding hydrogens is 364 g/mol. The molecule has 2 aliphatic rings. The van der Waals surface area contributed by atoms with E-state index in [1.165, 1.54) is 15.1 Å². The first-order valence-corrected chi connectivity index (χ1v) is 9.39. The molecule has 2 atom stereocenters. The summed E-state index contributed by atoms with van der Waals surface area (Å²) in [5.74, 6) is 1.55. The van der Waals surface area contributed by atoms with E-state index in [9.17, 15) is 0 Å². The normalized spacial score (nSPS) is 26.0. The summed E-state index contributed by atoms with van der Waals surface area (Å²) in [6.45, 7) is 5.73. The highest BCUT2D eigenvalue weighted by Crippen LogP contribution is 2.44. The summed E-state index contributed by atoms with van der Waals surface area (Å²) in [6.07, 6.45) is 1.19. The number of rotatable bonds is 5. The molecule has 1 aliphatic heterocycles. The van der Waals surface area contributed by atoms with Gasteiger partial charge in [0, 0.05) is 50.1 Å². The number of guanidine groups is 1. The largest absolute Gasteiger partial charge is 0.379 e. The van der Waals surface area contributed by atoms with Crippen LogP contribution in [0, 0.1) is 0 Å². The van der Waals surface area contributed by atoms with Crippen molar-refractivity contribution in [3.63, 3.8) is 0 Å². The number of hydrogen-bond donors (Lipinski definition) is 2. The Morgan fingerprint density at radius 2 is 2.27 bits per heavy atom. The van der Waals surface area contributed by atoms with E-state index in [-0.39, 0.29) is 0 Å². The SMILES string of the molecule is CN=C(NCCN1CCOCC1)N[C@@H]1C[C@H]1c1ccc(Br)s1. The highest BCUT2D eigenvalue weighted by Gasteiger charge is 2.40. The predicted octanol–water partition coefficient (Wildman–Crippen LogP) is 1.86. The molecule has 0 unspecified atom stereocenters. The third-order valence-corrected chi connectivity index (χ3v) is 5.88. The van der Waals surface area contributed by atoms with Crippen LogP contribution in [-0.2, 0) is 4.74 Å². The van der Waals surface area contributed by atoms with Crippen LogP contribution < -0.4 is 10.6 Å². The summed E-state index contributed by atoms with van der Waals surface area (Å²) < 4.78 is 6.57. The van der Waals surface area contributed by atoms with Gasteiger partial charge in [0.1, 0.15) is 0 Å². The molecule has 7 heteroatoms. The molecular formula is C15H23BrN4OS. The first-order valence-electron chi connectivity index (χ1n) is 7.79. The van der Waals surface area contributed by atoms with Crippen molar-refractivity contribution in [2.45, 2.75) is 18.4 Å². The van der Waals surface area contributed by atoms with E-state index < -0.39 is 0 Å². The smallest absolute Gasteiger partial charge is 0.191 e. The average molecular weight is 387 g/mol. The second kappa shape index (κ2) is 7.77. The van der Waals surface area contributed by atoms with Gasteiger partial charge in [-0.1, -0.05) is 0 Å². The maximum absolute atomic E-state index is 5.36. The summed E-state index contributed by atoms with van der Waals surface area (Å²) in [5.41, 5.74) is 0. The average Bonchev–Trinajstić information content (AvgIpc) is 3.18. The minimum atomic E-state index is 0.514. The van der Waals surface area contributed by atoms with Crippen LogP contribution in [0.3, 0.4) is 0 Å². The highest BCUT2D eigenvalue weighted by molar-refractivity contribution is 9.11. The molecule has 5 nitrogen and oxygen atoms in total. The molecule has 2 heterocycles. The van der Waals surface area contributed by atoms with E-state index in [0.29, 0.717) is 12.0 Å². The Bertz CT molecular complexity index is 515. The van der Waals surface area contributed by atoms with Crippen LogP contribution in [0.1, 0.15) is 17.2 Å². The first-order chi connectivity index (χ1) is 10.8. The second-order valence-electron chi connectivity index (χ2n) is 5.69. The van der Waals surface area contributed by atoms with Crippen LogP contribution >= 0.6 is 27.3 Å². The fourth-order valence-corrected chi connectivity index (χ4v) is 4.33. The van der Waals surface area contributed by atoms with Gasteiger partial charge in [0.05, 0.1) is 17.0 Å². The molecule has 2 N–H and O–H groups in total. The van der Waals surface area contributed by atoms with Crippen LogP contribution in [0.25, 0.3) is 0 Å². The number of morpholine rings is 1.